The molecule has 0 bridgehead atoms. The minimum Gasteiger partial charge on any atom is -0.493 e. The molecule has 0 spiro atoms. The van der Waals surface area contributed by atoms with E-state index in [1.54, 1.807) is 0 Å². The molecule has 5 heteroatoms. The van der Waals surface area contributed by atoms with Crippen molar-refractivity contribution < 1.29 is 9.53 Å². The second-order valence-corrected chi connectivity index (χ2v) is 4.94. The van der Waals surface area contributed by atoms with Crippen LogP contribution in [0.2, 0.25) is 5.02 Å². The molecule has 0 aromatic heterocycles. The molecule has 0 fully saturated rings. The standard InChI is InChI=1S/C16H17ClN2O2/c17-15-4-2-1-3-12(15)11-19-13-5-7-14(8-6-13)21-10-9-16(18)20/h1-8,19H,9-11H2,(H2,18,20). The Hall–Kier alpha value is -2.20. The van der Waals surface area contributed by atoms with Crippen LogP contribution in [0.15, 0.2) is 48.5 Å². The van der Waals surface area contributed by atoms with E-state index in [2.05, 4.69) is 5.32 Å². The number of anilines is 1. The molecule has 4 nitrogen and oxygen atoms in total. The summed E-state index contributed by atoms with van der Waals surface area (Å²) in [6.45, 7) is 0.948. The Bertz CT molecular complexity index is 599. The highest BCUT2D eigenvalue weighted by molar-refractivity contribution is 6.31. The van der Waals surface area contributed by atoms with Crippen molar-refractivity contribution in [2.75, 3.05) is 11.9 Å². The average molecular weight is 305 g/mol. The van der Waals surface area contributed by atoms with Crippen LogP contribution in [0, 0.1) is 0 Å². The van der Waals surface area contributed by atoms with Crippen LogP contribution in [0.3, 0.4) is 0 Å². The third-order valence-electron chi connectivity index (χ3n) is 2.91. The molecule has 0 aliphatic rings. The molecule has 0 saturated heterocycles. The molecule has 0 atom stereocenters. The molecule has 2 rings (SSSR count). The molecule has 2 aromatic carbocycles. The lowest BCUT2D eigenvalue weighted by atomic mass is 10.2. The Kier molecular flexibility index (Phi) is 5.46. The molecule has 0 aliphatic carbocycles. The fourth-order valence-electron chi connectivity index (χ4n) is 1.78. The SMILES string of the molecule is NC(=O)CCOc1ccc(NCc2ccccc2Cl)cc1. The normalized spacial score (nSPS) is 10.1. The van der Waals surface area contributed by atoms with Crippen molar-refractivity contribution in [1.29, 1.82) is 0 Å². The minimum absolute atomic E-state index is 0.215. The molecular formula is C16H17ClN2O2. The predicted octanol–water partition coefficient (Wildman–Crippen LogP) is 3.21. The number of primary amides is 1. The molecule has 0 saturated carbocycles. The quantitative estimate of drug-likeness (QED) is 0.825. The Balaban J connectivity index is 1.85. The van der Waals surface area contributed by atoms with Gasteiger partial charge < -0.3 is 15.8 Å². The highest BCUT2D eigenvalue weighted by atomic mass is 35.5. The van der Waals surface area contributed by atoms with Gasteiger partial charge in [0, 0.05) is 17.3 Å². The number of nitrogens with one attached hydrogen (secondary N) is 1. The maximum atomic E-state index is 10.6. The van der Waals surface area contributed by atoms with Gasteiger partial charge in [0.05, 0.1) is 13.0 Å². The summed E-state index contributed by atoms with van der Waals surface area (Å²) in [7, 11) is 0. The molecule has 0 radical (unpaired) electrons. The van der Waals surface area contributed by atoms with E-state index in [0.29, 0.717) is 18.9 Å². The van der Waals surface area contributed by atoms with Crippen molar-refractivity contribution in [2.24, 2.45) is 5.73 Å². The van der Waals surface area contributed by atoms with E-state index in [0.717, 1.165) is 16.3 Å². The number of nitrogens with two attached hydrogens (primary N) is 1. The summed E-state index contributed by atoms with van der Waals surface area (Å²) >= 11 is 6.10. The monoisotopic (exact) mass is 304 g/mol. The first-order chi connectivity index (χ1) is 10.1. The maximum absolute atomic E-state index is 10.6. The fraction of sp³-hybridized carbons (Fsp3) is 0.188. The summed E-state index contributed by atoms with van der Waals surface area (Å²) in [6.07, 6.45) is 0.215. The molecule has 21 heavy (non-hydrogen) atoms. The zero-order valence-corrected chi connectivity index (χ0v) is 12.3. The van der Waals surface area contributed by atoms with Crippen LogP contribution >= 0.6 is 11.6 Å². The van der Waals surface area contributed by atoms with E-state index in [4.69, 9.17) is 22.1 Å². The Morgan fingerprint density at radius 1 is 1.14 bits per heavy atom. The number of benzene rings is 2. The molecule has 3 N–H and O–H groups in total. The molecular weight excluding hydrogens is 288 g/mol. The highest BCUT2D eigenvalue weighted by Crippen LogP contribution is 2.19. The van der Waals surface area contributed by atoms with Crippen molar-refractivity contribution in [3.63, 3.8) is 0 Å². The van der Waals surface area contributed by atoms with E-state index in [1.807, 2.05) is 48.5 Å². The first kappa shape index (κ1) is 15.2. The second-order valence-electron chi connectivity index (χ2n) is 4.53. The van der Waals surface area contributed by atoms with Crippen LogP contribution in [-0.4, -0.2) is 12.5 Å². The van der Waals surface area contributed by atoms with Gasteiger partial charge in [-0.2, -0.15) is 0 Å². The molecule has 0 aliphatic heterocycles. The van der Waals surface area contributed by atoms with Gasteiger partial charge in [0.25, 0.3) is 0 Å². The zero-order chi connectivity index (χ0) is 15.1. The summed E-state index contributed by atoms with van der Waals surface area (Å²) < 4.78 is 5.40. The lowest BCUT2D eigenvalue weighted by Gasteiger charge is -2.09. The third kappa shape index (κ3) is 5.00. The van der Waals surface area contributed by atoms with Crippen LogP contribution < -0.4 is 15.8 Å². The summed E-state index contributed by atoms with van der Waals surface area (Å²) in [5, 5.41) is 4.04. The van der Waals surface area contributed by atoms with Gasteiger partial charge in [-0.1, -0.05) is 29.8 Å². The van der Waals surface area contributed by atoms with Gasteiger partial charge in [0.1, 0.15) is 5.75 Å². The van der Waals surface area contributed by atoms with Crippen LogP contribution in [0.1, 0.15) is 12.0 Å². The van der Waals surface area contributed by atoms with Crippen LogP contribution in [-0.2, 0) is 11.3 Å². The van der Waals surface area contributed by atoms with E-state index in [-0.39, 0.29) is 12.3 Å². The van der Waals surface area contributed by atoms with Gasteiger partial charge in [0.2, 0.25) is 5.91 Å². The van der Waals surface area contributed by atoms with Gasteiger partial charge in [-0.3, -0.25) is 4.79 Å². The second kappa shape index (κ2) is 7.55. The van der Waals surface area contributed by atoms with Crippen molar-refractivity contribution in [1.82, 2.24) is 0 Å². The number of hydrogen-bond donors (Lipinski definition) is 2. The van der Waals surface area contributed by atoms with E-state index < -0.39 is 0 Å². The van der Waals surface area contributed by atoms with E-state index in [9.17, 15) is 4.79 Å². The highest BCUT2D eigenvalue weighted by Gasteiger charge is 2.00. The summed E-state index contributed by atoms with van der Waals surface area (Å²) in [6, 6.07) is 15.2. The lowest BCUT2D eigenvalue weighted by molar-refractivity contribution is -0.118. The lowest BCUT2D eigenvalue weighted by Crippen LogP contribution is -2.14. The smallest absolute Gasteiger partial charge is 0.220 e. The fourth-order valence-corrected chi connectivity index (χ4v) is 1.98. The van der Waals surface area contributed by atoms with Gasteiger partial charge in [-0.15, -0.1) is 0 Å². The number of hydrogen-bond acceptors (Lipinski definition) is 3. The summed E-state index contributed by atoms with van der Waals surface area (Å²) in [5.41, 5.74) is 7.06. The number of carbonyl (C=O) groups excluding carboxylic acids is 1. The van der Waals surface area contributed by atoms with Gasteiger partial charge in [0.15, 0.2) is 0 Å². The molecule has 110 valence electrons. The number of amides is 1. The van der Waals surface area contributed by atoms with Gasteiger partial charge >= 0.3 is 0 Å². The van der Waals surface area contributed by atoms with Crippen molar-refractivity contribution in [3.8, 4) is 5.75 Å². The number of halogens is 1. The number of carbonyl (C=O) groups is 1. The Labute approximate surface area is 128 Å². The van der Waals surface area contributed by atoms with Crippen molar-refractivity contribution >= 4 is 23.2 Å². The Morgan fingerprint density at radius 2 is 1.86 bits per heavy atom. The molecule has 1 amide bonds. The van der Waals surface area contributed by atoms with Gasteiger partial charge in [-0.05, 0) is 35.9 Å². The topological polar surface area (TPSA) is 64.4 Å². The average Bonchev–Trinajstić information content (AvgIpc) is 2.47. The molecule has 0 unspecified atom stereocenters. The Morgan fingerprint density at radius 3 is 2.52 bits per heavy atom. The first-order valence-electron chi connectivity index (χ1n) is 6.63. The van der Waals surface area contributed by atoms with Gasteiger partial charge in [-0.25, -0.2) is 0 Å². The van der Waals surface area contributed by atoms with Crippen molar-refractivity contribution in [2.45, 2.75) is 13.0 Å². The van der Waals surface area contributed by atoms with E-state index in [1.165, 1.54) is 0 Å². The zero-order valence-electron chi connectivity index (χ0n) is 11.5. The molecule has 0 heterocycles. The first-order valence-corrected chi connectivity index (χ1v) is 7.01. The van der Waals surface area contributed by atoms with Crippen LogP contribution in [0.5, 0.6) is 5.75 Å². The van der Waals surface area contributed by atoms with Crippen molar-refractivity contribution in [3.05, 3.63) is 59.1 Å². The van der Waals surface area contributed by atoms with E-state index >= 15 is 0 Å². The minimum atomic E-state index is -0.368. The number of rotatable bonds is 7. The summed E-state index contributed by atoms with van der Waals surface area (Å²) in [4.78, 5) is 10.6. The van der Waals surface area contributed by atoms with Crippen LogP contribution in [0.4, 0.5) is 5.69 Å². The predicted molar refractivity (Wildman–Crippen MR) is 84.5 cm³/mol. The largest absolute Gasteiger partial charge is 0.493 e. The molecule has 2 aromatic rings. The van der Waals surface area contributed by atoms with Crippen LogP contribution in [0.25, 0.3) is 0 Å². The third-order valence-corrected chi connectivity index (χ3v) is 3.28. The maximum Gasteiger partial charge on any atom is 0.220 e. The summed E-state index contributed by atoms with van der Waals surface area (Å²) in [5.74, 6) is 0.340. The number of ether oxygens (including phenoxy) is 1.